The van der Waals surface area contributed by atoms with Gasteiger partial charge in [-0.25, -0.2) is 4.68 Å². The monoisotopic (exact) mass is 312 g/mol. The lowest BCUT2D eigenvalue weighted by Crippen LogP contribution is -2.47. The van der Waals surface area contributed by atoms with Crippen LogP contribution in [0.4, 0.5) is 0 Å². The lowest BCUT2D eigenvalue weighted by molar-refractivity contribution is -0.0301. The number of aromatic nitrogens is 2. The van der Waals surface area contributed by atoms with Gasteiger partial charge in [0.2, 0.25) is 0 Å². The normalized spacial score (nSPS) is 22.3. The highest BCUT2D eigenvalue weighted by Gasteiger charge is 2.32. The lowest BCUT2D eigenvalue weighted by atomic mass is 10.2. The Labute approximate surface area is 137 Å². The smallest absolute Gasteiger partial charge is 0.0826 e. The van der Waals surface area contributed by atoms with Crippen molar-refractivity contribution in [2.75, 3.05) is 26.2 Å². The first-order chi connectivity index (χ1) is 11.4. The van der Waals surface area contributed by atoms with Gasteiger partial charge in [-0.15, -0.1) is 0 Å². The zero-order valence-corrected chi connectivity index (χ0v) is 13.4. The molecule has 2 aromatic rings. The SMILES string of the molecule is c1cnn(-c2ccc(CNCC3CN(C4CC4)CCO3)cc2)c1. The van der Waals surface area contributed by atoms with Crippen LogP contribution in [0.5, 0.6) is 0 Å². The number of ether oxygens (including phenoxy) is 1. The van der Waals surface area contributed by atoms with E-state index in [1.807, 2.05) is 16.9 Å². The molecule has 0 amide bonds. The molecule has 1 saturated carbocycles. The molecule has 0 radical (unpaired) electrons. The summed E-state index contributed by atoms with van der Waals surface area (Å²) in [6.45, 7) is 4.86. The molecule has 2 fully saturated rings. The summed E-state index contributed by atoms with van der Waals surface area (Å²) < 4.78 is 7.75. The van der Waals surface area contributed by atoms with Crippen molar-refractivity contribution in [1.82, 2.24) is 20.0 Å². The minimum absolute atomic E-state index is 0.327. The Balaban J connectivity index is 1.24. The van der Waals surface area contributed by atoms with E-state index < -0.39 is 0 Å². The predicted molar refractivity (Wildman–Crippen MR) is 89.6 cm³/mol. The quantitative estimate of drug-likeness (QED) is 0.883. The molecule has 0 bridgehead atoms. The van der Waals surface area contributed by atoms with E-state index in [1.54, 1.807) is 6.20 Å². The second-order valence-corrected chi connectivity index (χ2v) is 6.47. The van der Waals surface area contributed by atoms with Crippen LogP contribution in [0.15, 0.2) is 42.7 Å². The van der Waals surface area contributed by atoms with Crippen molar-refractivity contribution in [3.63, 3.8) is 0 Å². The summed E-state index contributed by atoms with van der Waals surface area (Å²) in [5, 5.41) is 7.78. The van der Waals surface area contributed by atoms with E-state index >= 15 is 0 Å². The van der Waals surface area contributed by atoms with Crippen LogP contribution in [-0.4, -0.2) is 53.1 Å². The van der Waals surface area contributed by atoms with Gasteiger partial charge in [-0.3, -0.25) is 4.90 Å². The van der Waals surface area contributed by atoms with Crippen LogP contribution in [-0.2, 0) is 11.3 Å². The molecule has 1 aromatic carbocycles. The maximum absolute atomic E-state index is 5.88. The van der Waals surface area contributed by atoms with Crippen LogP contribution < -0.4 is 5.32 Å². The van der Waals surface area contributed by atoms with Gasteiger partial charge in [-0.2, -0.15) is 5.10 Å². The zero-order chi connectivity index (χ0) is 15.5. The molecule has 1 aliphatic carbocycles. The van der Waals surface area contributed by atoms with E-state index in [0.29, 0.717) is 6.10 Å². The fourth-order valence-electron chi connectivity index (χ4n) is 3.20. The van der Waals surface area contributed by atoms with E-state index in [4.69, 9.17) is 4.74 Å². The van der Waals surface area contributed by atoms with E-state index in [1.165, 1.54) is 18.4 Å². The third-order valence-electron chi connectivity index (χ3n) is 4.64. The van der Waals surface area contributed by atoms with Gasteiger partial charge in [-0.05, 0) is 36.6 Å². The highest BCUT2D eigenvalue weighted by atomic mass is 16.5. The summed E-state index contributed by atoms with van der Waals surface area (Å²) in [6, 6.07) is 11.3. The summed E-state index contributed by atoms with van der Waals surface area (Å²) in [7, 11) is 0. The second-order valence-electron chi connectivity index (χ2n) is 6.47. The minimum Gasteiger partial charge on any atom is -0.374 e. The summed E-state index contributed by atoms with van der Waals surface area (Å²) >= 11 is 0. The molecule has 2 heterocycles. The van der Waals surface area contributed by atoms with Crippen molar-refractivity contribution >= 4 is 0 Å². The molecular formula is C18H24N4O. The fourth-order valence-corrected chi connectivity index (χ4v) is 3.20. The first kappa shape index (κ1) is 14.9. The van der Waals surface area contributed by atoms with Gasteiger partial charge in [0.15, 0.2) is 0 Å². The van der Waals surface area contributed by atoms with Crippen molar-refractivity contribution in [3.05, 3.63) is 48.3 Å². The molecular weight excluding hydrogens is 288 g/mol. The predicted octanol–water partition coefficient (Wildman–Crippen LogP) is 1.83. The maximum atomic E-state index is 5.88. The number of hydrogen-bond donors (Lipinski definition) is 1. The van der Waals surface area contributed by atoms with Gasteiger partial charge in [-0.1, -0.05) is 12.1 Å². The van der Waals surface area contributed by atoms with Gasteiger partial charge in [0.25, 0.3) is 0 Å². The minimum atomic E-state index is 0.327. The topological polar surface area (TPSA) is 42.3 Å². The van der Waals surface area contributed by atoms with Crippen molar-refractivity contribution < 1.29 is 4.74 Å². The van der Waals surface area contributed by atoms with Gasteiger partial charge in [0, 0.05) is 44.6 Å². The van der Waals surface area contributed by atoms with Crippen LogP contribution in [0.2, 0.25) is 0 Å². The molecule has 5 heteroatoms. The molecule has 1 saturated heterocycles. The Bertz CT molecular complexity index is 606. The molecule has 1 aromatic heterocycles. The van der Waals surface area contributed by atoms with Crippen LogP contribution in [0.25, 0.3) is 5.69 Å². The van der Waals surface area contributed by atoms with Gasteiger partial charge in [0.1, 0.15) is 0 Å². The molecule has 0 spiro atoms. The van der Waals surface area contributed by atoms with Crippen LogP contribution >= 0.6 is 0 Å². The Kier molecular flexibility index (Phi) is 4.41. The third kappa shape index (κ3) is 3.80. The summed E-state index contributed by atoms with van der Waals surface area (Å²) in [4.78, 5) is 2.59. The van der Waals surface area contributed by atoms with Crippen LogP contribution in [0, 0.1) is 0 Å². The number of nitrogens with zero attached hydrogens (tertiary/aromatic N) is 3. The number of morpholine rings is 1. The van der Waals surface area contributed by atoms with Crippen molar-refractivity contribution in [3.8, 4) is 5.69 Å². The molecule has 2 aliphatic rings. The lowest BCUT2D eigenvalue weighted by Gasteiger charge is -2.33. The number of rotatable bonds is 6. The first-order valence-electron chi connectivity index (χ1n) is 8.54. The van der Waals surface area contributed by atoms with E-state index in [-0.39, 0.29) is 0 Å². The third-order valence-corrected chi connectivity index (χ3v) is 4.64. The molecule has 23 heavy (non-hydrogen) atoms. The largest absolute Gasteiger partial charge is 0.374 e. The van der Waals surface area contributed by atoms with E-state index in [9.17, 15) is 0 Å². The number of hydrogen-bond acceptors (Lipinski definition) is 4. The van der Waals surface area contributed by atoms with Gasteiger partial charge < -0.3 is 10.1 Å². The second kappa shape index (κ2) is 6.83. The molecule has 122 valence electrons. The Morgan fingerprint density at radius 3 is 2.83 bits per heavy atom. The summed E-state index contributed by atoms with van der Waals surface area (Å²) in [5.74, 6) is 0. The number of nitrogens with one attached hydrogen (secondary N) is 1. The molecule has 1 unspecified atom stereocenters. The van der Waals surface area contributed by atoms with Crippen LogP contribution in [0.3, 0.4) is 0 Å². The number of benzene rings is 1. The van der Waals surface area contributed by atoms with E-state index in [0.717, 1.165) is 44.5 Å². The first-order valence-corrected chi connectivity index (χ1v) is 8.54. The van der Waals surface area contributed by atoms with Gasteiger partial charge >= 0.3 is 0 Å². The molecule has 1 atom stereocenters. The molecule has 4 rings (SSSR count). The summed E-state index contributed by atoms with van der Waals surface area (Å²) in [5.41, 5.74) is 2.38. The highest BCUT2D eigenvalue weighted by molar-refractivity contribution is 5.33. The molecule has 1 aliphatic heterocycles. The fraction of sp³-hybridized carbons (Fsp3) is 0.500. The summed E-state index contributed by atoms with van der Waals surface area (Å²) in [6.07, 6.45) is 6.84. The van der Waals surface area contributed by atoms with Gasteiger partial charge in [0.05, 0.1) is 18.4 Å². The molecule has 1 N–H and O–H groups in total. The van der Waals surface area contributed by atoms with Crippen molar-refractivity contribution in [2.24, 2.45) is 0 Å². The highest BCUT2D eigenvalue weighted by Crippen LogP contribution is 2.28. The Morgan fingerprint density at radius 1 is 1.22 bits per heavy atom. The Morgan fingerprint density at radius 2 is 2.09 bits per heavy atom. The average Bonchev–Trinajstić information content (AvgIpc) is 3.31. The standard InChI is InChI=1S/C18H24N4O/c1-8-20-22(9-1)17-4-2-15(3-5-17)12-19-13-18-14-21(10-11-23-18)16-6-7-16/h1-5,8-9,16,18-19H,6-7,10-14H2. The van der Waals surface area contributed by atoms with Crippen molar-refractivity contribution in [1.29, 1.82) is 0 Å². The Hall–Kier alpha value is -1.69. The maximum Gasteiger partial charge on any atom is 0.0826 e. The van der Waals surface area contributed by atoms with Crippen LogP contribution in [0.1, 0.15) is 18.4 Å². The zero-order valence-electron chi connectivity index (χ0n) is 13.4. The average molecular weight is 312 g/mol. The molecule has 5 nitrogen and oxygen atoms in total. The van der Waals surface area contributed by atoms with E-state index in [2.05, 4.69) is 39.6 Å². The van der Waals surface area contributed by atoms with Crippen molar-refractivity contribution in [2.45, 2.75) is 31.5 Å².